The summed E-state index contributed by atoms with van der Waals surface area (Å²) in [4.78, 5) is 29.6. The maximum absolute atomic E-state index is 12.8. The van der Waals surface area contributed by atoms with Gasteiger partial charge >= 0.3 is 5.69 Å². The first-order valence-electron chi connectivity index (χ1n) is 10.1. The third-order valence-electron chi connectivity index (χ3n) is 4.93. The van der Waals surface area contributed by atoms with Gasteiger partial charge in [0.15, 0.2) is 11.2 Å². The van der Waals surface area contributed by atoms with Gasteiger partial charge in [0.05, 0.1) is 6.54 Å². The lowest BCUT2D eigenvalue weighted by atomic mass is 10.1. The smallest absolute Gasteiger partial charge is 0.332 e. The van der Waals surface area contributed by atoms with E-state index in [9.17, 15) is 14.7 Å². The first kappa shape index (κ1) is 21.6. The normalized spacial score (nSPS) is 12.5. The largest absolute Gasteiger partial charge is 0.491 e. The number of imidazole rings is 1. The fourth-order valence-electron chi connectivity index (χ4n) is 3.20. The van der Waals surface area contributed by atoms with Crippen LogP contribution in [-0.2, 0) is 20.6 Å². The van der Waals surface area contributed by atoms with E-state index in [1.54, 1.807) is 11.6 Å². The Morgan fingerprint density at radius 2 is 1.83 bits per heavy atom. The SMILES string of the molecule is CC(C)CCNc1nc2c(c(=O)n(C)c(=O)n2C)n1CC(O)COc1ccccc1. The molecule has 2 N–H and O–H groups in total. The highest BCUT2D eigenvalue weighted by Crippen LogP contribution is 2.17. The summed E-state index contributed by atoms with van der Waals surface area (Å²) in [7, 11) is 3.01. The number of hydrogen-bond acceptors (Lipinski definition) is 6. The zero-order valence-corrected chi connectivity index (χ0v) is 17.8. The Bertz CT molecular complexity index is 1110. The Morgan fingerprint density at radius 3 is 2.50 bits per heavy atom. The Kier molecular flexibility index (Phi) is 6.61. The summed E-state index contributed by atoms with van der Waals surface area (Å²) in [6.45, 7) is 5.05. The highest BCUT2D eigenvalue weighted by atomic mass is 16.5. The van der Waals surface area contributed by atoms with Gasteiger partial charge in [0.2, 0.25) is 5.95 Å². The number of benzene rings is 1. The summed E-state index contributed by atoms with van der Waals surface area (Å²) in [5.41, 5.74) is -0.343. The minimum Gasteiger partial charge on any atom is -0.491 e. The molecule has 0 radical (unpaired) electrons. The second-order valence-corrected chi connectivity index (χ2v) is 7.81. The fourth-order valence-corrected chi connectivity index (χ4v) is 3.20. The van der Waals surface area contributed by atoms with Crippen LogP contribution in [0.3, 0.4) is 0 Å². The van der Waals surface area contributed by atoms with E-state index in [2.05, 4.69) is 24.1 Å². The standard InChI is InChI=1S/C21H29N5O4/c1-14(2)10-11-22-20-23-18-17(19(28)25(4)21(29)24(18)3)26(20)12-15(27)13-30-16-8-6-5-7-9-16/h5-9,14-15,27H,10-13H2,1-4H3,(H,22,23). The first-order chi connectivity index (χ1) is 14.3. The maximum Gasteiger partial charge on any atom is 0.332 e. The Morgan fingerprint density at radius 1 is 1.13 bits per heavy atom. The van der Waals surface area contributed by atoms with E-state index in [0.717, 1.165) is 11.0 Å². The summed E-state index contributed by atoms with van der Waals surface area (Å²) in [5, 5.41) is 13.8. The molecule has 9 nitrogen and oxygen atoms in total. The van der Waals surface area contributed by atoms with E-state index in [1.165, 1.54) is 11.6 Å². The number of nitrogens with zero attached hydrogens (tertiary/aromatic N) is 4. The van der Waals surface area contributed by atoms with Gasteiger partial charge in [-0.05, 0) is 24.5 Å². The molecule has 0 aliphatic carbocycles. The number of fused-ring (bicyclic) bond motifs is 1. The monoisotopic (exact) mass is 415 g/mol. The van der Waals surface area contributed by atoms with Crippen LogP contribution in [0.25, 0.3) is 11.2 Å². The Hall–Kier alpha value is -3.07. The molecule has 2 heterocycles. The van der Waals surface area contributed by atoms with Gasteiger partial charge in [0, 0.05) is 20.6 Å². The van der Waals surface area contributed by atoms with Crippen molar-refractivity contribution in [3.63, 3.8) is 0 Å². The van der Waals surface area contributed by atoms with E-state index >= 15 is 0 Å². The van der Waals surface area contributed by atoms with Crippen molar-refractivity contribution in [2.24, 2.45) is 20.0 Å². The number of rotatable bonds is 9. The molecule has 1 aromatic carbocycles. The van der Waals surface area contributed by atoms with Crippen LogP contribution >= 0.6 is 0 Å². The lowest BCUT2D eigenvalue weighted by Gasteiger charge is -2.16. The molecule has 30 heavy (non-hydrogen) atoms. The van der Waals surface area contributed by atoms with Gasteiger partial charge in [-0.1, -0.05) is 32.0 Å². The van der Waals surface area contributed by atoms with Gasteiger partial charge in [0.1, 0.15) is 18.5 Å². The van der Waals surface area contributed by atoms with Gasteiger partial charge in [0.25, 0.3) is 5.56 Å². The fraction of sp³-hybridized carbons (Fsp3) is 0.476. The van der Waals surface area contributed by atoms with E-state index in [-0.39, 0.29) is 24.3 Å². The van der Waals surface area contributed by atoms with Crippen LogP contribution in [0.5, 0.6) is 5.75 Å². The van der Waals surface area contributed by atoms with Crippen molar-refractivity contribution in [1.29, 1.82) is 0 Å². The minimum atomic E-state index is -0.879. The molecule has 0 spiro atoms. The number of aliphatic hydroxyl groups excluding tert-OH is 1. The van der Waals surface area contributed by atoms with Crippen molar-refractivity contribution in [1.82, 2.24) is 18.7 Å². The molecule has 0 aliphatic heterocycles. The molecule has 0 amide bonds. The van der Waals surface area contributed by atoms with E-state index in [0.29, 0.717) is 24.2 Å². The quantitative estimate of drug-likeness (QED) is 0.547. The molecular formula is C21H29N5O4. The van der Waals surface area contributed by atoms with Crippen LogP contribution in [0.15, 0.2) is 39.9 Å². The molecule has 0 saturated heterocycles. The number of anilines is 1. The number of ether oxygens (including phenoxy) is 1. The van der Waals surface area contributed by atoms with Gasteiger partial charge in [-0.3, -0.25) is 13.9 Å². The molecule has 3 aromatic rings. The summed E-state index contributed by atoms with van der Waals surface area (Å²) < 4.78 is 9.66. The molecule has 162 valence electrons. The van der Waals surface area contributed by atoms with E-state index < -0.39 is 17.4 Å². The average Bonchev–Trinajstić information content (AvgIpc) is 3.08. The van der Waals surface area contributed by atoms with Gasteiger partial charge < -0.3 is 19.7 Å². The highest BCUT2D eigenvalue weighted by molar-refractivity contribution is 5.74. The van der Waals surface area contributed by atoms with Crippen molar-refractivity contribution in [2.45, 2.75) is 32.9 Å². The number of para-hydroxylation sites is 1. The zero-order valence-electron chi connectivity index (χ0n) is 17.8. The third-order valence-corrected chi connectivity index (χ3v) is 4.93. The zero-order chi connectivity index (χ0) is 21.8. The summed E-state index contributed by atoms with van der Waals surface area (Å²) in [6.07, 6.45) is 0.0370. The van der Waals surface area contributed by atoms with E-state index in [1.807, 2.05) is 30.3 Å². The molecule has 9 heteroatoms. The van der Waals surface area contributed by atoms with Crippen LogP contribution < -0.4 is 21.3 Å². The number of nitrogens with one attached hydrogen (secondary N) is 1. The van der Waals surface area contributed by atoms with Crippen molar-refractivity contribution in [3.8, 4) is 5.75 Å². The second-order valence-electron chi connectivity index (χ2n) is 7.81. The summed E-state index contributed by atoms with van der Waals surface area (Å²) in [5.74, 6) is 1.60. The molecule has 2 aromatic heterocycles. The molecule has 3 rings (SSSR count). The highest BCUT2D eigenvalue weighted by Gasteiger charge is 2.21. The number of aromatic nitrogens is 4. The maximum atomic E-state index is 12.8. The molecular weight excluding hydrogens is 386 g/mol. The molecule has 0 saturated carbocycles. The van der Waals surface area contributed by atoms with Crippen LogP contribution in [-0.4, -0.2) is 43.0 Å². The molecule has 0 aliphatic rings. The van der Waals surface area contributed by atoms with Crippen molar-refractivity contribution < 1.29 is 9.84 Å². The van der Waals surface area contributed by atoms with Gasteiger partial charge in [-0.2, -0.15) is 4.98 Å². The lowest BCUT2D eigenvalue weighted by molar-refractivity contribution is 0.0938. The van der Waals surface area contributed by atoms with Crippen LogP contribution in [0.1, 0.15) is 20.3 Å². The molecule has 1 atom stereocenters. The molecule has 0 fully saturated rings. The predicted molar refractivity (Wildman–Crippen MR) is 116 cm³/mol. The summed E-state index contributed by atoms with van der Waals surface area (Å²) >= 11 is 0. The Balaban J connectivity index is 1.93. The lowest BCUT2D eigenvalue weighted by Crippen LogP contribution is -2.38. The minimum absolute atomic E-state index is 0.0567. The van der Waals surface area contributed by atoms with Crippen molar-refractivity contribution >= 4 is 17.1 Å². The van der Waals surface area contributed by atoms with Crippen LogP contribution in [0, 0.1) is 5.92 Å². The number of aryl methyl sites for hydroxylation is 1. The first-order valence-corrected chi connectivity index (χ1v) is 10.1. The van der Waals surface area contributed by atoms with Gasteiger partial charge in [-0.25, -0.2) is 4.79 Å². The second kappa shape index (κ2) is 9.17. The number of hydrogen-bond donors (Lipinski definition) is 2. The van der Waals surface area contributed by atoms with Crippen molar-refractivity contribution in [3.05, 3.63) is 51.2 Å². The molecule has 0 bridgehead atoms. The topological polar surface area (TPSA) is 103 Å². The van der Waals surface area contributed by atoms with Crippen LogP contribution in [0.2, 0.25) is 0 Å². The summed E-state index contributed by atoms with van der Waals surface area (Å²) in [6, 6.07) is 9.21. The Labute approximate surface area is 174 Å². The van der Waals surface area contributed by atoms with E-state index in [4.69, 9.17) is 4.74 Å². The van der Waals surface area contributed by atoms with Gasteiger partial charge in [-0.15, -0.1) is 0 Å². The van der Waals surface area contributed by atoms with Crippen molar-refractivity contribution in [2.75, 3.05) is 18.5 Å². The third kappa shape index (κ3) is 4.56. The van der Waals surface area contributed by atoms with Crippen LogP contribution in [0.4, 0.5) is 5.95 Å². The average molecular weight is 415 g/mol. The number of aliphatic hydroxyl groups is 1. The molecule has 1 unspecified atom stereocenters. The predicted octanol–water partition coefficient (Wildman–Crippen LogP) is 1.33.